The van der Waals surface area contributed by atoms with Crippen LogP contribution < -0.4 is 0 Å². The van der Waals surface area contributed by atoms with Gasteiger partial charge in [0.25, 0.3) is 0 Å². The molecule has 0 fully saturated rings. The molecule has 2 aromatic heterocycles. The first-order valence-corrected chi connectivity index (χ1v) is 8.41. The molecule has 25 heavy (non-hydrogen) atoms. The third-order valence-corrected chi connectivity index (χ3v) is 4.72. The summed E-state index contributed by atoms with van der Waals surface area (Å²) in [5.41, 5.74) is 6.02. The Morgan fingerprint density at radius 2 is 1.12 bits per heavy atom. The summed E-state index contributed by atoms with van der Waals surface area (Å²) in [6, 6.07) is 29.9. The van der Waals surface area contributed by atoms with Crippen LogP contribution >= 0.6 is 0 Å². The zero-order chi connectivity index (χ0) is 16.6. The first kappa shape index (κ1) is 14.0. The lowest BCUT2D eigenvalue weighted by molar-refractivity contribution is 1.18. The van der Waals surface area contributed by atoms with E-state index >= 15 is 0 Å². The summed E-state index contributed by atoms with van der Waals surface area (Å²) in [6.45, 7) is 0. The number of para-hydroxylation sites is 3. The number of pyridine rings is 1. The molecule has 0 N–H and O–H groups in total. The molecule has 0 aliphatic carbocycles. The summed E-state index contributed by atoms with van der Waals surface area (Å²) in [7, 11) is 0. The van der Waals surface area contributed by atoms with E-state index in [1.165, 1.54) is 38.6 Å². The highest BCUT2D eigenvalue weighted by atomic mass is 15.0. The van der Waals surface area contributed by atoms with Gasteiger partial charge in [0.15, 0.2) is 0 Å². The van der Waals surface area contributed by atoms with E-state index in [-0.39, 0.29) is 0 Å². The van der Waals surface area contributed by atoms with Gasteiger partial charge in [-0.3, -0.25) is 4.98 Å². The number of aromatic nitrogens is 2. The van der Waals surface area contributed by atoms with Crippen LogP contribution in [0, 0.1) is 0 Å². The number of hydrogen-bond donors (Lipinski definition) is 0. The fourth-order valence-electron chi connectivity index (χ4n) is 3.63. The van der Waals surface area contributed by atoms with Crippen molar-refractivity contribution in [2.75, 3.05) is 0 Å². The van der Waals surface area contributed by atoms with Crippen LogP contribution in [-0.4, -0.2) is 9.55 Å². The van der Waals surface area contributed by atoms with Gasteiger partial charge in [-0.15, -0.1) is 0 Å². The average molecular weight is 320 g/mol. The second-order valence-corrected chi connectivity index (χ2v) is 6.12. The van der Waals surface area contributed by atoms with E-state index in [9.17, 15) is 0 Å². The molecule has 0 saturated carbocycles. The molecular formula is C23H16N2. The molecule has 0 spiro atoms. The third-order valence-electron chi connectivity index (χ3n) is 4.72. The predicted octanol–water partition coefficient (Wildman–Crippen LogP) is 5.85. The molecule has 118 valence electrons. The van der Waals surface area contributed by atoms with E-state index in [4.69, 9.17) is 0 Å². The first-order chi connectivity index (χ1) is 12.4. The second-order valence-electron chi connectivity index (χ2n) is 6.12. The quantitative estimate of drug-likeness (QED) is 0.399. The molecule has 5 rings (SSSR count). The molecule has 3 aromatic carbocycles. The van der Waals surface area contributed by atoms with Crippen molar-refractivity contribution in [1.82, 2.24) is 9.55 Å². The molecule has 0 unspecified atom stereocenters. The van der Waals surface area contributed by atoms with E-state index in [0.717, 1.165) is 0 Å². The van der Waals surface area contributed by atoms with Gasteiger partial charge in [-0.25, -0.2) is 0 Å². The minimum absolute atomic E-state index is 1.17. The third kappa shape index (κ3) is 2.15. The molecular weight excluding hydrogens is 304 g/mol. The van der Waals surface area contributed by atoms with Gasteiger partial charge in [0, 0.05) is 28.7 Å². The Kier molecular flexibility index (Phi) is 3.14. The normalized spacial score (nSPS) is 11.2. The van der Waals surface area contributed by atoms with Crippen molar-refractivity contribution in [2.45, 2.75) is 0 Å². The van der Waals surface area contributed by atoms with Crippen molar-refractivity contribution in [2.24, 2.45) is 0 Å². The summed E-state index contributed by atoms with van der Waals surface area (Å²) in [4.78, 5) is 4.16. The van der Waals surface area contributed by atoms with Crippen LogP contribution in [0.4, 0.5) is 0 Å². The molecule has 0 aliphatic rings. The van der Waals surface area contributed by atoms with Crippen LogP contribution in [0.1, 0.15) is 0 Å². The first-order valence-electron chi connectivity index (χ1n) is 8.41. The van der Waals surface area contributed by atoms with E-state index in [2.05, 4.69) is 94.5 Å². The van der Waals surface area contributed by atoms with Crippen LogP contribution in [-0.2, 0) is 0 Å². The number of benzene rings is 3. The van der Waals surface area contributed by atoms with E-state index in [1.54, 1.807) is 0 Å². The Bertz CT molecular complexity index is 1130. The Hall–Kier alpha value is -3.39. The zero-order valence-electron chi connectivity index (χ0n) is 13.6. The summed E-state index contributed by atoms with van der Waals surface area (Å²) in [6.07, 6.45) is 3.69. The van der Waals surface area contributed by atoms with Gasteiger partial charge in [0.2, 0.25) is 0 Å². The average Bonchev–Trinajstić information content (AvgIpc) is 3.03. The molecule has 2 heteroatoms. The fourth-order valence-corrected chi connectivity index (χ4v) is 3.63. The monoisotopic (exact) mass is 320 g/mol. The molecule has 0 bridgehead atoms. The minimum Gasteiger partial charge on any atom is -0.309 e. The SMILES string of the molecule is c1ccc(-n2c3ccccc3c3ccccc32)c(-c2ccncc2)c1. The number of nitrogens with zero attached hydrogens (tertiary/aromatic N) is 2. The maximum absolute atomic E-state index is 4.16. The smallest absolute Gasteiger partial charge is 0.0541 e. The molecule has 0 radical (unpaired) electrons. The molecule has 5 aromatic rings. The van der Waals surface area contributed by atoms with Crippen molar-refractivity contribution in [3.05, 3.63) is 97.3 Å². The summed E-state index contributed by atoms with van der Waals surface area (Å²) >= 11 is 0. The van der Waals surface area contributed by atoms with Crippen LogP contribution in [0.3, 0.4) is 0 Å². The molecule has 0 aliphatic heterocycles. The Morgan fingerprint density at radius 1 is 0.560 bits per heavy atom. The minimum atomic E-state index is 1.17. The summed E-state index contributed by atoms with van der Waals surface area (Å²) < 4.78 is 2.36. The van der Waals surface area contributed by atoms with Crippen LogP contribution in [0.5, 0.6) is 0 Å². The van der Waals surface area contributed by atoms with Gasteiger partial charge in [0.1, 0.15) is 0 Å². The summed E-state index contributed by atoms with van der Waals surface area (Å²) in [5.74, 6) is 0. The lowest BCUT2D eigenvalue weighted by Crippen LogP contribution is -1.96. The van der Waals surface area contributed by atoms with E-state index in [0.29, 0.717) is 0 Å². The van der Waals surface area contributed by atoms with Gasteiger partial charge < -0.3 is 4.57 Å². The zero-order valence-corrected chi connectivity index (χ0v) is 13.6. The lowest BCUT2D eigenvalue weighted by Gasteiger charge is -2.13. The summed E-state index contributed by atoms with van der Waals surface area (Å²) in [5, 5.41) is 2.56. The predicted molar refractivity (Wildman–Crippen MR) is 104 cm³/mol. The Morgan fingerprint density at radius 3 is 1.80 bits per heavy atom. The molecule has 2 nitrogen and oxygen atoms in total. The van der Waals surface area contributed by atoms with Crippen molar-refractivity contribution in [1.29, 1.82) is 0 Å². The van der Waals surface area contributed by atoms with Gasteiger partial charge >= 0.3 is 0 Å². The molecule has 0 saturated heterocycles. The lowest BCUT2D eigenvalue weighted by atomic mass is 10.0. The standard InChI is InChI=1S/C23H16N2/c1-4-10-21(18(7-1)17-13-15-24-16-14-17)25-22-11-5-2-8-19(22)20-9-3-6-12-23(20)25/h1-16H. The van der Waals surface area contributed by atoms with Gasteiger partial charge in [-0.1, -0.05) is 54.6 Å². The number of fused-ring (bicyclic) bond motifs is 3. The van der Waals surface area contributed by atoms with Gasteiger partial charge in [0.05, 0.1) is 16.7 Å². The van der Waals surface area contributed by atoms with Crippen molar-refractivity contribution < 1.29 is 0 Å². The van der Waals surface area contributed by atoms with E-state index < -0.39 is 0 Å². The van der Waals surface area contributed by atoms with Crippen LogP contribution in [0.15, 0.2) is 97.3 Å². The fraction of sp³-hybridized carbons (Fsp3) is 0. The molecule has 0 amide bonds. The van der Waals surface area contributed by atoms with Crippen molar-refractivity contribution in [3.8, 4) is 16.8 Å². The highest BCUT2D eigenvalue weighted by molar-refractivity contribution is 6.09. The Labute approximate surface area is 146 Å². The highest BCUT2D eigenvalue weighted by Crippen LogP contribution is 2.35. The highest BCUT2D eigenvalue weighted by Gasteiger charge is 2.14. The van der Waals surface area contributed by atoms with Crippen molar-refractivity contribution >= 4 is 21.8 Å². The molecule has 0 atom stereocenters. The van der Waals surface area contributed by atoms with Crippen LogP contribution in [0.2, 0.25) is 0 Å². The number of rotatable bonds is 2. The molecule has 2 heterocycles. The van der Waals surface area contributed by atoms with Crippen LogP contribution in [0.25, 0.3) is 38.6 Å². The Balaban J connectivity index is 1.92. The maximum atomic E-state index is 4.16. The largest absolute Gasteiger partial charge is 0.309 e. The van der Waals surface area contributed by atoms with E-state index in [1.807, 2.05) is 12.4 Å². The van der Waals surface area contributed by atoms with Gasteiger partial charge in [-0.05, 0) is 35.9 Å². The number of hydrogen-bond acceptors (Lipinski definition) is 1. The second kappa shape index (κ2) is 5.60. The van der Waals surface area contributed by atoms with Gasteiger partial charge in [-0.2, -0.15) is 0 Å². The maximum Gasteiger partial charge on any atom is 0.0541 e. The van der Waals surface area contributed by atoms with Crippen molar-refractivity contribution in [3.63, 3.8) is 0 Å². The topological polar surface area (TPSA) is 17.8 Å².